The first-order chi connectivity index (χ1) is 13.7. The second-order valence-electron chi connectivity index (χ2n) is 6.80. The van der Waals surface area contributed by atoms with Crippen molar-refractivity contribution in [3.05, 3.63) is 65.7 Å². The first-order valence-electron chi connectivity index (χ1n) is 9.43. The Morgan fingerprint density at radius 1 is 1.04 bits per heavy atom. The molecule has 3 amide bonds. The molecule has 2 N–H and O–H groups in total. The summed E-state index contributed by atoms with van der Waals surface area (Å²) in [6.07, 6.45) is 0.271. The third kappa shape index (κ3) is 4.47. The Balaban J connectivity index is 1.53. The normalized spacial score (nSPS) is 20.5. The largest absolute Gasteiger partial charge is 0.354 e. The fourth-order valence-electron chi connectivity index (χ4n) is 3.55. The predicted molar refractivity (Wildman–Crippen MR) is 117 cm³/mol. The van der Waals surface area contributed by atoms with Crippen LogP contribution in [0, 0.1) is 0 Å². The summed E-state index contributed by atoms with van der Waals surface area (Å²) in [7, 11) is 0. The topological polar surface area (TPSA) is 61.4 Å². The molecule has 0 spiro atoms. The average molecular weight is 414 g/mol. The lowest BCUT2D eigenvalue weighted by molar-refractivity contribution is -0.121. The SMILES string of the molecule is O=C1C[C@H](c2ccccc2)N(C(=O)Nc2cccc(C3SCCS3)c2)CCN1. The standard InChI is InChI=1S/C21H23N3O2S2/c25-19-14-18(15-5-2-1-3-6-15)24(10-9-22-19)21(26)23-17-8-4-7-16(13-17)20-27-11-12-28-20/h1-8,13,18,20H,9-12,14H2,(H,22,25)(H,23,26)/t18-/m1/s1. The highest BCUT2D eigenvalue weighted by molar-refractivity contribution is 8.19. The molecule has 0 aliphatic carbocycles. The van der Waals surface area contributed by atoms with Gasteiger partial charge in [0.25, 0.3) is 0 Å². The zero-order valence-corrected chi connectivity index (χ0v) is 17.1. The number of amides is 3. The third-order valence-electron chi connectivity index (χ3n) is 4.91. The quantitative estimate of drug-likeness (QED) is 0.789. The summed E-state index contributed by atoms with van der Waals surface area (Å²) in [5.41, 5.74) is 3.01. The van der Waals surface area contributed by atoms with Gasteiger partial charge in [0.05, 0.1) is 17.0 Å². The second-order valence-corrected chi connectivity index (χ2v) is 9.53. The molecule has 0 bridgehead atoms. The first-order valence-corrected chi connectivity index (χ1v) is 11.5. The lowest BCUT2D eigenvalue weighted by Gasteiger charge is -2.29. The number of carbonyl (C=O) groups is 2. The van der Waals surface area contributed by atoms with Crippen molar-refractivity contribution < 1.29 is 9.59 Å². The van der Waals surface area contributed by atoms with E-state index in [1.54, 1.807) is 4.90 Å². The monoisotopic (exact) mass is 413 g/mol. The van der Waals surface area contributed by atoms with Crippen molar-refractivity contribution in [3.63, 3.8) is 0 Å². The van der Waals surface area contributed by atoms with Crippen molar-refractivity contribution in [2.24, 2.45) is 0 Å². The summed E-state index contributed by atoms with van der Waals surface area (Å²) in [4.78, 5) is 27.0. The number of hydrogen-bond acceptors (Lipinski definition) is 4. The minimum absolute atomic E-state index is 0.0265. The molecule has 0 saturated carbocycles. The molecule has 2 saturated heterocycles. The molecular weight excluding hydrogens is 390 g/mol. The lowest BCUT2D eigenvalue weighted by Crippen LogP contribution is -2.39. The molecule has 146 valence electrons. The molecular formula is C21H23N3O2S2. The Kier molecular flexibility index (Phi) is 6.12. The number of rotatable bonds is 3. The second kappa shape index (κ2) is 8.92. The Bertz CT molecular complexity index is 841. The molecule has 2 aromatic carbocycles. The van der Waals surface area contributed by atoms with Gasteiger partial charge in [0.1, 0.15) is 0 Å². The Labute approximate surface area is 173 Å². The first kappa shape index (κ1) is 19.2. The van der Waals surface area contributed by atoms with Crippen molar-refractivity contribution in [1.82, 2.24) is 10.2 Å². The number of anilines is 1. The Morgan fingerprint density at radius 3 is 2.57 bits per heavy atom. The maximum atomic E-state index is 13.1. The van der Waals surface area contributed by atoms with Crippen LogP contribution in [0.5, 0.6) is 0 Å². The summed E-state index contributed by atoms with van der Waals surface area (Å²) in [5, 5.41) is 5.92. The van der Waals surface area contributed by atoms with E-state index in [9.17, 15) is 9.59 Å². The van der Waals surface area contributed by atoms with Gasteiger partial charge in [-0.3, -0.25) is 4.79 Å². The molecule has 0 aromatic heterocycles. The molecule has 2 aromatic rings. The predicted octanol–water partition coefficient (Wildman–Crippen LogP) is 4.26. The van der Waals surface area contributed by atoms with Crippen LogP contribution < -0.4 is 10.6 Å². The van der Waals surface area contributed by atoms with Crippen LogP contribution in [0.25, 0.3) is 0 Å². The highest BCUT2D eigenvalue weighted by Gasteiger charge is 2.30. The molecule has 28 heavy (non-hydrogen) atoms. The number of carbonyl (C=O) groups excluding carboxylic acids is 2. The molecule has 5 nitrogen and oxygen atoms in total. The number of nitrogens with zero attached hydrogens (tertiary/aromatic N) is 1. The molecule has 2 fully saturated rings. The van der Waals surface area contributed by atoms with E-state index in [0.717, 1.165) is 11.3 Å². The number of thioether (sulfide) groups is 2. The number of nitrogens with one attached hydrogen (secondary N) is 2. The molecule has 0 radical (unpaired) electrons. The number of hydrogen-bond donors (Lipinski definition) is 2. The van der Waals surface area contributed by atoms with E-state index in [4.69, 9.17) is 0 Å². The Morgan fingerprint density at radius 2 is 1.79 bits per heavy atom. The zero-order chi connectivity index (χ0) is 19.3. The third-order valence-corrected chi connectivity index (χ3v) is 8.01. The summed E-state index contributed by atoms with van der Waals surface area (Å²) >= 11 is 3.89. The van der Waals surface area contributed by atoms with E-state index in [1.807, 2.05) is 66.0 Å². The minimum Gasteiger partial charge on any atom is -0.354 e. The molecule has 0 unspecified atom stereocenters. The number of benzene rings is 2. The zero-order valence-electron chi connectivity index (χ0n) is 15.5. The molecule has 4 rings (SSSR count). The van der Waals surface area contributed by atoms with E-state index in [2.05, 4.69) is 22.8 Å². The van der Waals surface area contributed by atoms with Crippen molar-refractivity contribution in [2.45, 2.75) is 17.0 Å². The van der Waals surface area contributed by atoms with Gasteiger partial charge in [0.15, 0.2) is 0 Å². The smallest absolute Gasteiger partial charge is 0.322 e. The van der Waals surface area contributed by atoms with E-state index in [0.29, 0.717) is 17.7 Å². The van der Waals surface area contributed by atoms with Gasteiger partial charge in [-0.25, -0.2) is 4.79 Å². The van der Waals surface area contributed by atoms with Crippen LogP contribution in [0.2, 0.25) is 0 Å². The van der Waals surface area contributed by atoms with Crippen LogP contribution in [0.4, 0.5) is 10.5 Å². The van der Waals surface area contributed by atoms with E-state index in [1.165, 1.54) is 17.1 Å². The van der Waals surface area contributed by atoms with Crippen LogP contribution >= 0.6 is 23.5 Å². The van der Waals surface area contributed by atoms with E-state index in [-0.39, 0.29) is 24.4 Å². The molecule has 1 atom stereocenters. The fraction of sp³-hybridized carbons (Fsp3) is 0.333. The highest BCUT2D eigenvalue weighted by Crippen LogP contribution is 2.45. The summed E-state index contributed by atoms with van der Waals surface area (Å²) in [6.45, 7) is 0.941. The number of urea groups is 1. The van der Waals surface area contributed by atoms with Crippen LogP contribution in [0.1, 0.15) is 28.2 Å². The summed E-state index contributed by atoms with van der Waals surface area (Å²) in [6, 6.07) is 17.4. The highest BCUT2D eigenvalue weighted by atomic mass is 32.2. The summed E-state index contributed by atoms with van der Waals surface area (Å²) in [5.74, 6) is 2.31. The maximum Gasteiger partial charge on any atom is 0.322 e. The van der Waals surface area contributed by atoms with Crippen molar-refractivity contribution in [3.8, 4) is 0 Å². The van der Waals surface area contributed by atoms with Gasteiger partial charge >= 0.3 is 6.03 Å². The molecule has 2 heterocycles. The van der Waals surface area contributed by atoms with Crippen molar-refractivity contribution in [1.29, 1.82) is 0 Å². The van der Waals surface area contributed by atoms with Gasteiger partial charge in [-0.1, -0.05) is 42.5 Å². The average Bonchev–Trinajstić information content (AvgIpc) is 3.18. The van der Waals surface area contributed by atoms with Crippen molar-refractivity contribution in [2.75, 3.05) is 29.9 Å². The minimum atomic E-state index is -0.271. The molecule has 2 aliphatic heterocycles. The maximum absolute atomic E-state index is 13.1. The van der Waals surface area contributed by atoms with Gasteiger partial charge in [0.2, 0.25) is 5.91 Å². The van der Waals surface area contributed by atoms with Gasteiger partial charge in [-0.15, -0.1) is 23.5 Å². The van der Waals surface area contributed by atoms with Gasteiger partial charge in [-0.2, -0.15) is 0 Å². The van der Waals surface area contributed by atoms with E-state index < -0.39 is 0 Å². The van der Waals surface area contributed by atoms with Gasteiger partial charge in [0, 0.05) is 30.3 Å². The van der Waals surface area contributed by atoms with Gasteiger partial charge in [-0.05, 0) is 23.3 Å². The fourth-order valence-corrected chi connectivity index (χ4v) is 6.39. The van der Waals surface area contributed by atoms with Gasteiger partial charge < -0.3 is 15.5 Å². The van der Waals surface area contributed by atoms with Crippen LogP contribution in [-0.2, 0) is 4.79 Å². The molecule has 2 aliphatic rings. The van der Waals surface area contributed by atoms with Crippen LogP contribution in [0.15, 0.2) is 54.6 Å². The van der Waals surface area contributed by atoms with Crippen molar-refractivity contribution >= 4 is 41.1 Å². The summed E-state index contributed by atoms with van der Waals surface area (Å²) < 4.78 is 0.439. The lowest BCUT2D eigenvalue weighted by atomic mass is 10.0. The molecule has 7 heteroatoms. The Hall–Kier alpha value is -2.12. The van der Waals surface area contributed by atoms with Crippen LogP contribution in [-0.4, -0.2) is 41.4 Å². The van der Waals surface area contributed by atoms with E-state index >= 15 is 0 Å². The van der Waals surface area contributed by atoms with Crippen LogP contribution in [0.3, 0.4) is 0 Å².